The minimum atomic E-state index is -3.56. The van der Waals surface area contributed by atoms with Crippen molar-refractivity contribution in [3.8, 4) is 5.75 Å². The van der Waals surface area contributed by atoms with Crippen LogP contribution in [0.1, 0.15) is 35.7 Å². The zero-order chi connectivity index (χ0) is 33.9. The van der Waals surface area contributed by atoms with E-state index in [1.54, 1.807) is 52.3 Å². The van der Waals surface area contributed by atoms with Gasteiger partial charge in [-0.15, -0.1) is 0 Å². The summed E-state index contributed by atoms with van der Waals surface area (Å²) >= 11 is 12.5. The Morgan fingerprint density at radius 1 is 0.894 bits per heavy atom. The SMILES string of the molecule is CCOc1cc(NS(C)(=O)=O)ccc1C1=N[C@@H](c2ccc(Cl)cc2)[C@@H](c2ccc(Cl)cc2)N1C(=O)N1CCN(CCS(C)(=O)=O)CC1. The monoisotopic (exact) mass is 721 g/mol. The summed E-state index contributed by atoms with van der Waals surface area (Å²) in [6, 6.07) is 18.1. The topological polar surface area (TPSA) is 129 Å². The molecule has 5 rings (SSSR count). The van der Waals surface area contributed by atoms with Crippen molar-refractivity contribution >= 4 is 60.6 Å². The number of carbonyl (C=O) groups excluding carboxylic acids is 1. The Morgan fingerprint density at radius 3 is 2.04 bits per heavy atom. The van der Waals surface area contributed by atoms with Crippen LogP contribution in [-0.4, -0.2) is 101 Å². The molecule has 0 aromatic heterocycles. The molecule has 2 aliphatic heterocycles. The highest BCUT2D eigenvalue weighted by atomic mass is 35.5. The summed E-state index contributed by atoms with van der Waals surface area (Å²) in [6.07, 6.45) is 2.28. The molecule has 0 aliphatic carbocycles. The number of benzene rings is 3. The number of halogens is 2. The van der Waals surface area contributed by atoms with Crippen LogP contribution in [0, 0.1) is 0 Å². The standard InChI is InChI=1S/C32H37Cl2N5O6S2/c1-4-45-28-21-26(36-47(3,43)44)13-14-27(28)31-35-29(22-5-9-24(33)10-6-22)30(23-7-11-25(34)12-8-23)39(31)32(40)38-17-15-37(16-18-38)19-20-46(2,41)42/h5-14,21,29-30,36H,4,15-20H2,1-3H3/t29-,30+/m0/s1. The molecule has 3 aromatic rings. The molecule has 15 heteroatoms. The van der Waals surface area contributed by atoms with E-state index in [-0.39, 0.29) is 18.4 Å². The fraction of sp³-hybridized carbons (Fsp3) is 0.375. The van der Waals surface area contributed by atoms with Gasteiger partial charge in [-0.3, -0.25) is 19.5 Å². The normalized spacial score (nSPS) is 19.0. The molecule has 2 heterocycles. The number of hydrogen-bond acceptors (Lipinski definition) is 8. The molecule has 0 saturated carbocycles. The summed E-state index contributed by atoms with van der Waals surface area (Å²) in [5.74, 6) is 0.772. The first-order valence-corrected chi connectivity index (χ1v) is 19.7. The lowest BCUT2D eigenvalue weighted by molar-refractivity contribution is 0.122. The van der Waals surface area contributed by atoms with E-state index in [4.69, 9.17) is 32.9 Å². The van der Waals surface area contributed by atoms with Gasteiger partial charge in [0.25, 0.3) is 0 Å². The van der Waals surface area contributed by atoms with Gasteiger partial charge in [-0.2, -0.15) is 0 Å². The van der Waals surface area contributed by atoms with Gasteiger partial charge in [0, 0.05) is 55.1 Å². The Morgan fingerprint density at radius 2 is 1.49 bits per heavy atom. The number of nitrogens with one attached hydrogen (secondary N) is 1. The van der Waals surface area contributed by atoms with Gasteiger partial charge in [-0.1, -0.05) is 47.5 Å². The van der Waals surface area contributed by atoms with Crippen molar-refractivity contribution in [1.82, 2.24) is 14.7 Å². The van der Waals surface area contributed by atoms with Crippen LogP contribution in [-0.2, 0) is 19.9 Å². The molecule has 2 amide bonds. The van der Waals surface area contributed by atoms with Crippen molar-refractivity contribution in [2.24, 2.45) is 4.99 Å². The summed E-state index contributed by atoms with van der Waals surface area (Å²) in [7, 11) is -6.68. The minimum absolute atomic E-state index is 0.0513. The molecular weight excluding hydrogens is 685 g/mol. The molecule has 3 aromatic carbocycles. The second-order valence-corrected chi connectivity index (χ2v) is 16.5. The Labute approximate surface area is 286 Å². The number of carbonyl (C=O) groups is 1. The van der Waals surface area contributed by atoms with Crippen LogP contribution in [0.5, 0.6) is 5.75 Å². The van der Waals surface area contributed by atoms with Crippen LogP contribution in [0.25, 0.3) is 0 Å². The van der Waals surface area contributed by atoms with Gasteiger partial charge in [-0.05, 0) is 54.4 Å². The third kappa shape index (κ3) is 8.76. The van der Waals surface area contributed by atoms with E-state index in [0.29, 0.717) is 65.6 Å². The average molecular weight is 723 g/mol. The van der Waals surface area contributed by atoms with Gasteiger partial charge in [0.15, 0.2) is 0 Å². The number of nitrogens with zero attached hydrogens (tertiary/aromatic N) is 4. The van der Waals surface area contributed by atoms with Crippen LogP contribution in [0.2, 0.25) is 10.0 Å². The maximum Gasteiger partial charge on any atom is 0.326 e. The summed E-state index contributed by atoms with van der Waals surface area (Å²) in [6.45, 7) is 4.31. The molecule has 1 fully saturated rings. The van der Waals surface area contributed by atoms with Gasteiger partial charge in [0.05, 0.1) is 35.9 Å². The van der Waals surface area contributed by atoms with Crippen LogP contribution in [0.15, 0.2) is 71.7 Å². The quantitative estimate of drug-likeness (QED) is 0.309. The van der Waals surface area contributed by atoms with Crippen LogP contribution < -0.4 is 9.46 Å². The number of ether oxygens (including phenoxy) is 1. The molecule has 0 bridgehead atoms. The maximum atomic E-state index is 14.7. The van der Waals surface area contributed by atoms with Crippen molar-refractivity contribution in [2.45, 2.75) is 19.0 Å². The van der Waals surface area contributed by atoms with Gasteiger partial charge in [0.2, 0.25) is 10.0 Å². The Balaban J connectivity index is 1.60. The number of aliphatic imine (C=N–C) groups is 1. The predicted octanol–water partition coefficient (Wildman–Crippen LogP) is 5.09. The molecule has 252 valence electrons. The lowest BCUT2D eigenvalue weighted by atomic mass is 9.93. The summed E-state index contributed by atoms with van der Waals surface area (Å²) in [5, 5.41) is 1.11. The van der Waals surface area contributed by atoms with Crippen LogP contribution in [0.4, 0.5) is 10.5 Å². The molecular formula is C32H37Cl2N5O6S2. The van der Waals surface area contributed by atoms with E-state index in [2.05, 4.69) is 4.72 Å². The van der Waals surface area contributed by atoms with Crippen molar-refractivity contribution in [2.75, 3.05) is 62.3 Å². The third-order valence-corrected chi connectivity index (χ3v) is 9.98. The number of hydrogen-bond donors (Lipinski definition) is 1. The number of rotatable bonds is 10. The van der Waals surface area contributed by atoms with Crippen LogP contribution in [0.3, 0.4) is 0 Å². The second kappa shape index (κ2) is 14.4. The molecule has 0 radical (unpaired) electrons. The van der Waals surface area contributed by atoms with Crippen LogP contribution >= 0.6 is 23.2 Å². The molecule has 0 spiro atoms. The highest BCUT2D eigenvalue weighted by Crippen LogP contribution is 2.45. The largest absolute Gasteiger partial charge is 0.493 e. The highest BCUT2D eigenvalue weighted by molar-refractivity contribution is 7.92. The number of sulfonamides is 1. The van der Waals surface area contributed by atoms with E-state index < -0.39 is 31.9 Å². The molecule has 11 nitrogen and oxygen atoms in total. The molecule has 0 unspecified atom stereocenters. The molecule has 2 aliphatic rings. The molecule has 47 heavy (non-hydrogen) atoms. The van der Waals surface area contributed by atoms with E-state index in [0.717, 1.165) is 17.4 Å². The second-order valence-electron chi connectivity index (χ2n) is 11.6. The van der Waals surface area contributed by atoms with Gasteiger partial charge < -0.3 is 9.64 Å². The van der Waals surface area contributed by atoms with Crippen molar-refractivity contribution < 1.29 is 26.4 Å². The molecule has 1 N–H and O–H groups in total. The number of urea groups is 1. The zero-order valence-electron chi connectivity index (χ0n) is 26.3. The summed E-state index contributed by atoms with van der Waals surface area (Å²) < 4.78 is 56.0. The zero-order valence-corrected chi connectivity index (χ0v) is 29.4. The number of piperazine rings is 1. The first-order valence-electron chi connectivity index (χ1n) is 15.0. The summed E-state index contributed by atoms with van der Waals surface area (Å²) in [5.41, 5.74) is 2.47. The van der Waals surface area contributed by atoms with E-state index in [1.165, 1.54) is 6.26 Å². The molecule has 2 atom stereocenters. The van der Waals surface area contributed by atoms with Crippen molar-refractivity contribution in [3.63, 3.8) is 0 Å². The highest BCUT2D eigenvalue weighted by Gasteiger charge is 2.45. The smallest absolute Gasteiger partial charge is 0.326 e. The Bertz CT molecular complexity index is 1850. The third-order valence-electron chi connectivity index (χ3n) is 7.94. The fourth-order valence-corrected chi connectivity index (χ4v) is 7.12. The van der Waals surface area contributed by atoms with Gasteiger partial charge >= 0.3 is 6.03 Å². The number of amides is 2. The number of anilines is 1. The van der Waals surface area contributed by atoms with E-state index >= 15 is 0 Å². The molecule has 1 saturated heterocycles. The lowest BCUT2D eigenvalue weighted by Gasteiger charge is -2.39. The fourth-order valence-electron chi connectivity index (χ4n) is 5.72. The van der Waals surface area contributed by atoms with E-state index in [9.17, 15) is 21.6 Å². The minimum Gasteiger partial charge on any atom is -0.493 e. The lowest BCUT2D eigenvalue weighted by Crippen LogP contribution is -2.54. The maximum absolute atomic E-state index is 14.7. The van der Waals surface area contributed by atoms with Gasteiger partial charge in [0.1, 0.15) is 27.5 Å². The number of amidine groups is 1. The Kier molecular flexibility index (Phi) is 10.7. The van der Waals surface area contributed by atoms with Gasteiger partial charge in [-0.25, -0.2) is 21.6 Å². The van der Waals surface area contributed by atoms with E-state index in [1.807, 2.05) is 36.1 Å². The Hall–Kier alpha value is -3.36. The van der Waals surface area contributed by atoms with Crippen molar-refractivity contribution in [3.05, 3.63) is 93.5 Å². The van der Waals surface area contributed by atoms with Crippen molar-refractivity contribution in [1.29, 1.82) is 0 Å². The predicted molar refractivity (Wildman–Crippen MR) is 186 cm³/mol. The average Bonchev–Trinajstić information content (AvgIpc) is 3.40. The number of sulfone groups is 1. The summed E-state index contributed by atoms with van der Waals surface area (Å²) in [4.78, 5) is 25.3. The first kappa shape index (κ1) is 35.0. The first-order chi connectivity index (χ1) is 22.2.